The van der Waals surface area contributed by atoms with Gasteiger partial charge in [-0.15, -0.1) is 0 Å². The van der Waals surface area contributed by atoms with E-state index in [0.717, 1.165) is 16.7 Å². The molecule has 0 fully saturated rings. The van der Waals surface area contributed by atoms with Gasteiger partial charge >= 0.3 is 5.97 Å². The molecular formula is C21H25NO3S. The van der Waals surface area contributed by atoms with Gasteiger partial charge in [-0.2, -0.15) is 12.6 Å². The van der Waals surface area contributed by atoms with Crippen molar-refractivity contribution < 1.29 is 14.7 Å². The van der Waals surface area contributed by atoms with Crippen LogP contribution in [0.5, 0.6) is 0 Å². The number of carbonyl (C=O) groups excluding carboxylic acids is 1. The van der Waals surface area contributed by atoms with Crippen molar-refractivity contribution in [3.8, 4) is 11.1 Å². The highest BCUT2D eigenvalue weighted by molar-refractivity contribution is 7.81. The highest BCUT2D eigenvalue weighted by Gasteiger charge is 2.24. The normalized spacial score (nSPS) is 13.2. The molecule has 0 radical (unpaired) electrons. The SMILES string of the molecule is CC(C)CC(NC(=O)C(S)Cc1ccc(-c2ccccc2)cc1)C(=O)O. The average molecular weight is 372 g/mol. The minimum atomic E-state index is -1.01. The minimum Gasteiger partial charge on any atom is -0.480 e. The molecule has 2 aromatic carbocycles. The number of carboxylic acids is 1. The molecule has 1 amide bonds. The topological polar surface area (TPSA) is 66.4 Å². The maximum atomic E-state index is 12.3. The molecule has 2 atom stereocenters. The van der Waals surface area contributed by atoms with Crippen LogP contribution in [0.25, 0.3) is 11.1 Å². The van der Waals surface area contributed by atoms with Gasteiger partial charge in [0.15, 0.2) is 0 Å². The molecule has 2 unspecified atom stereocenters. The number of amides is 1. The summed E-state index contributed by atoms with van der Waals surface area (Å²) in [5.74, 6) is -1.19. The Kier molecular flexibility index (Phi) is 7.27. The van der Waals surface area contributed by atoms with E-state index < -0.39 is 17.3 Å². The molecule has 0 aliphatic heterocycles. The van der Waals surface area contributed by atoms with E-state index in [0.29, 0.717) is 12.8 Å². The van der Waals surface area contributed by atoms with E-state index in [4.69, 9.17) is 0 Å². The summed E-state index contributed by atoms with van der Waals surface area (Å²) in [5, 5.41) is 11.2. The van der Waals surface area contributed by atoms with Crippen LogP contribution >= 0.6 is 12.6 Å². The summed E-state index contributed by atoms with van der Waals surface area (Å²) >= 11 is 4.36. The fourth-order valence-corrected chi connectivity index (χ4v) is 3.03. The maximum absolute atomic E-state index is 12.3. The van der Waals surface area contributed by atoms with E-state index >= 15 is 0 Å². The highest BCUT2D eigenvalue weighted by atomic mass is 32.1. The van der Waals surface area contributed by atoms with Crippen LogP contribution in [0, 0.1) is 5.92 Å². The van der Waals surface area contributed by atoms with Crippen molar-refractivity contribution in [1.82, 2.24) is 5.32 Å². The highest BCUT2D eigenvalue weighted by Crippen LogP contribution is 2.20. The van der Waals surface area contributed by atoms with Gasteiger partial charge in [0.1, 0.15) is 6.04 Å². The average Bonchev–Trinajstić information content (AvgIpc) is 2.62. The van der Waals surface area contributed by atoms with E-state index in [-0.39, 0.29) is 11.8 Å². The lowest BCUT2D eigenvalue weighted by Crippen LogP contribution is -2.45. The Balaban J connectivity index is 1.97. The third-order valence-electron chi connectivity index (χ3n) is 4.11. The summed E-state index contributed by atoms with van der Waals surface area (Å²) < 4.78 is 0. The molecule has 0 bridgehead atoms. The first-order valence-corrected chi connectivity index (χ1v) is 9.24. The van der Waals surface area contributed by atoms with Crippen molar-refractivity contribution >= 4 is 24.5 Å². The van der Waals surface area contributed by atoms with Crippen LogP contribution < -0.4 is 5.32 Å². The first kappa shape index (κ1) is 20.0. The summed E-state index contributed by atoms with van der Waals surface area (Å²) in [6, 6.07) is 17.2. The van der Waals surface area contributed by atoms with E-state index in [9.17, 15) is 14.7 Å². The zero-order valence-corrected chi connectivity index (χ0v) is 15.9. The van der Waals surface area contributed by atoms with Crippen LogP contribution in [0.3, 0.4) is 0 Å². The summed E-state index contributed by atoms with van der Waals surface area (Å²) in [6.45, 7) is 3.85. The number of carbonyl (C=O) groups is 2. The number of rotatable bonds is 8. The van der Waals surface area contributed by atoms with Crippen molar-refractivity contribution in [2.45, 2.75) is 38.0 Å². The molecular weight excluding hydrogens is 346 g/mol. The predicted octanol–water partition coefficient (Wildman–Crippen LogP) is 3.81. The minimum absolute atomic E-state index is 0.181. The summed E-state index contributed by atoms with van der Waals surface area (Å²) in [4.78, 5) is 23.6. The molecule has 2 rings (SSSR count). The second-order valence-corrected chi connectivity index (χ2v) is 7.44. The molecule has 0 aliphatic rings. The van der Waals surface area contributed by atoms with Gasteiger partial charge in [-0.1, -0.05) is 68.4 Å². The van der Waals surface area contributed by atoms with Crippen LogP contribution in [0.1, 0.15) is 25.8 Å². The van der Waals surface area contributed by atoms with E-state index in [2.05, 4.69) is 17.9 Å². The van der Waals surface area contributed by atoms with Crippen molar-refractivity contribution in [3.05, 3.63) is 60.2 Å². The molecule has 0 aliphatic carbocycles. The van der Waals surface area contributed by atoms with Crippen LogP contribution in [0.2, 0.25) is 0 Å². The third-order valence-corrected chi connectivity index (χ3v) is 4.53. The molecule has 26 heavy (non-hydrogen) atoms. The lowest BCUT2D eigenvalue weighted by atomic mass is 10.0. The molecule has 0 saturated carbocycles. The van der Waals surface area contributed by atoms with Gasteiger partial charge in [0.25, 0.3) is 0 Å². The van der Waals surface area contributed by atoms with Gasteiger partial charge in [-0.25, -0.2) is 4.79 Å². The summed E-state index contributed by atoms with van der Waals surface area (Å²) in [6.07, 6.45) is 0.839. The first-order chi connectivity index (χ1) is 12.4. The largest absolute Gasteiger partial charge is 0.480 e. The van der Waals surface area contributed by atoms with Crippen LogP contribution in [0.15, 0.2) is 54.6 Å². The smallest absolute Gasteiger partial charge is 0.326 e. The zero-order chi connectivity index (χ0) is 19.1. The lowest BCUT2D eigenvalue weighted by Gasteiger charge is -2.19. The van der Waals surface area contributed by atoms with Crippen LogP contribution in [-0.4, -0.2) is 28.3 Å². The number of nitrogens with one attached hydrogen (secondary N) is 1. The Morgan fingerprint density at radius 3 is 2.12 bits per heavy atom. The fourth-order valence-electron chi connectivity index (χ4n) is 2.74. The molecule has 0 heterocycles. The van der Waals surface area contributed by atoms with Gasteiger partial charge in [0.2, 0.25) is 5.91 Å². The van der Waals surface area contributed by atoms with Gasteiger partial charge in [-0.05, 0) is 35.4 Å². The molecule has 0 aromatic heterocycles. The van der Waals surface area contributed by atoms with Crippen LogP contribution in [-0.2, 0) is 16.0 Å². The number of aliphatic carboxylic acids is 1. The lowest BCUT2D eigenvalue weighted by molar-refractivity contribution is -0.142. The quantitative estimate of drug-likeness (QED) is 0.618. The molecule has 4 nitrogen and oxygen atoms in total. The Morgan fingerprint density at radius 2 is 1.58 bits per heavy atom. The standard InChI is InChI=1S/C21H25NO3S/c1-14(2)12-18(21(24)25)22-20(23)19(26)13-15-8-10-17(11-9-15)16-6-4-3-5-7-16/h3-11,14,18-19,26H,12-13H2,1-2H3,(H,22,23)(H,24,25). The zero-order valence-electron chi connectivity index (χ0n) is 15.1. The number of thiol groups is 1. The number of benzene rings is 2. The molecule has 5 heteroatoms. The number of carboxylic acid groups (broad SMARTS) is 1. The first-order valence-electron chi connectivity index (χ1n) is 8.72. The Hall–Kier alpha value is -2.27. The predicted molar refractivity (Wildman–Crippen MR) is 107 cm³/mol. The summed E-state index contributed by atoms with van der Waals surface area (Å²) in [7, 11) is 0. The fraction of sp³-hybridized carbons (Fsp3) is 0.333. The second-order valence-electron chi connectivity index (χ2n) is 6.81. The molecule has 0 spiro atoms. The monoisotopic (exact) mass is 371 g/mol. The Morgan fingerprint density at radius 1 is 1.00 bits per heavy atom. The van der Waals surface area contributed by atoms with Crippen LogP contribution in [0.4, 0.5) is 0 Å². The van der Waals surface area contributed by atoms with Crippen molar-refractivity contribution in [2.75, 3.05) is 0 Å². The van der Waals surface area contributed by atoms with Gasteiger partial charge in [0, 0.05) is 0 Å². The van der Waals surface area contributed by atoms with Crippen molar-refractivity contribution in [1.29, 1.82) is 0 Å². The molecule has 138 valence electrons. The van der Waals surface area contributed by atoms with Crippen molar-refractivity contribution in [2.24, 2.45) is 5.92 Å². The van der Waals surface area contributed by atoms with Gasteiger partial charge in [0.05, 0.1) is 5.25 Å². The maximum Gasteiger partial charge on any atom is 0.326 e. The Bertz CT molecular complexity index is 729. The van der Waals surface area contributed by atoms with Gasteiger partial charge in [-0.3, -0.25) is 4.79 Å². The molecule has 0 saturated heterocycles. The molecule has 2 aromatic rings. The second kappa shape index (κ2) is 9.43. The van der Waals surface area contributed by atoms with E-state index in [1.807, 2.05) is 68.4 Å². The molecule has 2 N–H and O–H groups in total. The van der Waals surface area contributed by atoms with E-state index in [1.165, 1.54) is 0 Å². The van der Waals surface area contributed by atoms with Gasteiger partial charge < -0.3 is 10.4 Å². The summed E-state index contributed by atoms with van der Waals surface area (Å²) in [5.41, 5.74) is 3.23. The number of hydrogen-bond donors (Lipinski definition) is 3. The third kappa shape index (κ3) is 5.92. The Labute approximate surface area is 160 Å². The van der Waals surface area contributed by atoms with E-state index in [1.54, 1.807) is 0 Å². The van der Waals surface area contributed by atoms with Crippen molar-refractivity contribution in [3.63, 3.8) is 0 Å². The number of hydrogen-bond acceptors (Lipinski definition) is 3.